The number of phenols is 1. The fourth-order valence-corrected chi connectivity index (χ4v) is 2.97. The fourth-order valence-electron chi connectivity index (χ4n) is 2.27. The molecule has 1 heterocycles. The maximum absolute atomic E-state index is 12.5. The van der Waals surface area contributed by atoms with Gasteiger partial charge in [0.25, 0.3) is 11.8 Å². The van der Waals surface area contributed by atoms with Crippen molar-refractivity contribution in [2.24, 2.45) is 0 Å². The summed E-state index contributed by atoms with van der Waals surface area (Å²) in [5.74, 6) is -0.990. The van der Waals surface area contributed by atoms with Gasteiger partial charge < -0.3 is 20.5 Å². The summed E-state index contributed by atoms with van der Waals surface area (Å²) in [6.45, 7) is 1.63. The quantitative estimate of drug-likeness (QED) is 0.654. The summed E-state index contributed by atoms with van der Waals surface area (Å²) < 4.78 is 5.44. The standard InChI is InChI=1S/C16H11Cl3N2O4/c1-6-15(23)21-10-4-7(2-3-11(10)25-6)20-16(24)12-13(19)8(17)5-9(18)14(12)22/h2-6,22H,1H3,(H,20,24)(H,21,23). The number of anilines is 2. The van der Waals surface area contributed by atoms with Crippen molar-refractivity contribution in [3.05, 3.63) is 44.9 Å². The maximum atomic E-state index is 12.5. The summed E-state index contributed by atoms with van der Waals surface area (Å²) >= 11 is 17.7. The Kier molecular flexibility index (Phi) is 4.69. The molecule has 1 aliphatic rings. The number of ether oxygens (including phenoxy) is 1. The number of nitrogens with one attached hydrogen (secondary N) is 2. The van der Waals surface area contributed by atoms with Crippen LogP contribution in [-0.4, -0.2) is 23.0 Å². The highest BCUT2D eigenvalue weighted by Crippen LogP contribution is 2.39. The van der Waals surface area contributed by atoms with Crippen molar-refractivity contribution >= 4 is 58.0 Å². The number of carbonyl (C=O) groups excluding carboxylic acids is 2. The van der Waals surface area contributed by atoms with Gasteiger partial charge in [0.2, 0.25) is 0 Å². The third kappa shape index (κ3) is 3.33. The minimum absolute atomic E-state index is 0.0368. The highest BCUT2D eigenvalue weighted by atomic mass is 35.5. The number of carbonyl (C=O) groups is 2. The first-order chi connectivity index (χ1) is 11.8. The zero-order chi connectivity index (χ0) is 18.3. The highest BCUT2D eigenvalue weighted by molar-refractivity contribution is 6.46. The van der Waals surface area contributed by atoms with Crippen molar-refractivity contribution in [3.8, 4) is 11.5 Å². The summed E-state index contributed by atoms with van der Waals surface area (Å²) in [5, 5.41) is 15.0. The van der Waals surface area contributed by atoms with Crippen LogP contribution < -0.4 is 15.4 Å². The van der Waals surface area contributed by atoms with E-state index in [2.05, 4.69) is 10.6 Å². The van der Waals surface area contributed by atoms with Gasteiger partial charge in [-0.05, 0) is 31.2 Å². The second-order valence-electron chi connectivity index (χ2n) is 5.29. The summed E-state index contributed by atoms with van der Waals surface area (Å²) in [4.78, 5) is 24.1. The Morgan fingerprint density at radius 3 is 2.68 bits per heavy atom. The molecule has 0 radical (unpaired) electrons. The van der Waals surface area contributed by atoms with E-state index in [0.717, 1.165) is 0 Å². The van der Waals surface area contributed by atoms with E-state index in [4.69, 9.17) is 39.5 Å². The van der Waals surface area contributed by atoms with Crippen molar-refractivity contribution in [2.45, 2.75) is 13.0 Å². The Balaban J connectivity index is 1.90. The molecular weight excluding hydrogens is 391 g/mol. The van der Waals surface area contributed by atoms with E-state index in [1.807, 2.05) is 0 Å². The van der Waals surface area contributed by atoms with Crippen LogP contribution in [0.2, 0.25) is 15.1 Å². The number of halogens is 3. The molecule has 3 rings (SSSR count). The predicted octanol–water partition coefficient (Wildman–Crippen LogP) is 4.32. The molecule has 130 valence electrons. The largest absolute Gasteiger partial charge is 0.505 e. The van der Waals surface area contributed by atoms with Gasteiger partial charge in [0, 0.05) is 5.69 Å². The average Bonchev–Trinajstić information content (AvgIpc) is 2.54. The molecule has 1 atom stereocenters. The Morgan fingerprint density at radius 1 is 1.24 bits per heavy atom. The van der Waals surface area contributed by atoms with Crippen molar-refractivity contribution < 1.29 is 19.4 Å². The molecule has 1 aliphatic heterocycles. The van der Waals surface area contributed by atoms with Gasteiger partial charge in [-0.2, -0.15) is 0 Å². The lowest BCUT2D eigenvalue weighted by Gasteiger charge is -2.23. The molecule has 0 saturated heterocycles. The molecule has 0 saturated carbocycles. The molecular formula is C16H11Cl3N2O4. The number of hydrogen-bond donors (Lipinski definition) is 3. The molecule has 0 aromatic heterocycles. The Labute approximate surface area is 157 Å². The third-order valence-corrected chi connectivity index (χ3v) is 4.62. The van der Waals surface area contributed by atoms with Crippen molar-refractivity contribution in [2.75, 3.05) is 10.6 Å². The van der Waals surface area contributed by atoms with Gasteiger partial charge in [-0.15, -0.1) is 0 Å². The van der Waals surface area contributed by atoms with Crippen LogP contribution >= 0.6 is 34.8 Å². The van der Waals surface area contributed by atoms with E-state index >= 15 is 0 Å². The minimum Gasteiger partial charge on any atom is -0.505 e. The van der Waals surface area contributed by atoms with E-state index in [-0.39, 0.29) is 26.5 Å². The first kappa shape index (κ1) is 17.7. The Bertz CT molecular complexity index is 875. The van der Waals surface area contributed by atoms with Crippen molar-refractivity contribution in [1.82, 2.24) is 0 Å². The second kappa shape index (κ2) is 6.63. The first-order valence-corrected chi connectivity index (χ1v) is 8.20. The van der Waals surface area contributed by atoms with Gasteiger partial charge in [-0.1, -0.05) is 34.8 Å². The van der Waals surface area contributed by atoms with E-state index in [1.54, 1.807) is 19.1 Å². The molecule has 2 amide bonds. The minimum atomic E-state index is -0.705. The third-order valence-electron chi connectivity index (χ3n) is 3.54. The number of amides is 2. The van der Waals surface area contributed by atoms with Crippen LogP contribution in [0.1, 0.15) is 17.3 Å². The molecule has 0 spiro atoms. The number of benzene rings is 2. The van der Waals surface area contributed by atoms with Crippen LogP contribution in [0.15, 0.2) is 24.3 Å². The van der Waals surface area contributed by atoms with E-state index in [0.29, 0.717) is 17.1 Å². The molecule has 1 unspecified atom stereocenters. The SMILES string of the molecule is CC1Oc2ccc(NC(=O)c3c(O)c(Cl)cc(Cl)c3Cl)cc2NC1=O. The van der Waals surface area contributed by atoms with Gasteiger partial charge >= 0.3 is 0 Å². The number of hydrogen-bond acceptors (Lipinski definition) is 4. The molecule has 3 N–H and O–H groups in total. The average molecular weight is 402 g/mol. The van der Waals surface area contributed by atoms with Crippen LogP contribution in [-0.2, 0) is 4.79 Å². The molecule has 2 aromatic rings. The van der Waals surface area contributed by atoms with Crippen LogP contribution in [0.4, 0.5) is 11.4 Å². The van der Waals surface area contributed by atoms with Crippen LogP contribution in [0.5, 0.6) is 11.5 Å². The maximum Gasteiger partial charge on any atom is 0.265 e. The van der Waals surface area contributed by atoms with Crippen molar-refractivity contribution in [1.29, 1.82) is 0 Å². The van der Waals surface area contributed by atoms with Crippen LogP contribution in [0, 0.1) is 0 Å². The topological polar surface area (TPSA) is 87.7 Å². The van der Waals surface area contributed by atoms with E-state index in [9.17, 15) is 14.7 Å². The van der Waals surface area contributed by atoms with E-state index < -0.39 is 17.8 Å². The number of rotatable bonds is 2. The van der Waals surface area contributed by atoms with Gasteiger partial charge in [0.05, 0.1) is 20.8 Å². The molecule has 6 nitrogen and oxygen atoms in total. The lowest BCUT2D eigenvalue weighted by Crippen LogP contribution is -2.34. The molecule has 9 heteroatoms. The predicted molar refractivity (Wildman–Crippen MR) is 96.3 cm³/mol. The summed E-state index contributed by atoms with van der Waals surface area (Å²) in [7, 11) is 0. The van der Waals surface area contributed by atoms with Crippen LogP contribution in [0.3, 0.4) is 0 Å². The zero-order valence-corrected chi connectivity index (χ0v) is 15.0. The summed E-state index contributed by atoms with van der Waals surface area (Å²) in [5.41, 5.74) is 0.528. The van der Waals surface area contributed by atoms with Gasteiger partial charge in [-0.3, -0.25) is 9.59 Å². The molecule has 25 heavy (non-hydrogen) atoms. The number of fused-ring (bicyclic) bond motifs is 1. The van der Waals surface area contributed by atoms with Gasteiger partial charge in [-0.25, -0.2) is 0 Å². The van der Waals surface area contributed by atoms with Gasteiger partial charge in [0.15, 0.2) is 6.10 Å². The van der Waals surface area contributed by atoms with Crippen LogP contribution in [0.25, 0.3) is 0 Å². The highest BCUT2D eigenvalue weighted by Gasteiger charge is 2.25. The zero-order valence-electron chi connectivity index (χ0n) is 12.7. The first-order valence-electron chi connectivity index (χ1n) is 7.07. The second-order valence-corrected chi connectivity index (χ2v) is 6.48. The lowest BCUT2D eigenvalue weighted by atomic mass is 10.1. The Morgan fingerprint density at radius 2 is 1.96 bits per heavy atom. The fraction of sp³-hybridized carbons (Fsp3) is 0.125. The molecule has 0 bridgehead atoms. The monoisotopic (exact) mass is 400 g/mol. The normalized spacial score (nSPS) is 15.8. The lowest BCUT2D eigenvalue weighted by molar-refractivity contribution is -0.122. The molecule has 0 fully saturated rings. The molecule has 2 aromatic carbocycles. The Hall–Kier alpha value is -2.15. The van der Waals surface area contributed by atoms with E-state index in [1.165, 1.54) is 12.1 Å². The summed E-state index contributed by atoms with van der Waals surface area (Å²) in [6.07, 6.45) is -0.600. The molecule has 0 aliphatic carbocycles. The smallest absolute Gasteiger partial charge is 0.265 e. The number of phenolic OH excluding ortho intramolecular Hbond substituents is 1. The number of aromatic hydroxyl groups is 1. The van der Waals surface area contributed by atoms with Gasteiger partial charge in [0.1, 0.15) is 17.1 Å². The van der Waals surface area contributed by atoms with Crippen molar-refractivity contribution in [3.63, 3.8) is 0 Å². The summed E-state index contributed by atoms with van der Waals surface area (Å²) in [6, 6.07) is 5.95.